The molecule has 0 spiro atoms. The molecule has 2 heteroatoms. The van der Waals surface area contributed by atoms with Gasteiger partial charge < -0.3 is 0 Å². The van der Waals surface area contributed by atoms with Crippen LogP contribution in [0.5, 0.6) is 0 Å². The van der Waals surface area contributed by atoms with Crippen molar-refractivity contribution in [2.45, 2.75) is 24.2 Å². The third-order valence-corrected chi connectivity index (χ3v) is 6.09. The van der Waals surface area contributed by atoms with Gasteiger partial charge in [-0.25, -0.2) is 0 Å². The third kappa shape index (κ3) is 6.76. The fourth-order valence-electron chi connectivity index (χ4n) is 0.678. The van der Waals surface area contributed by atoms with E-state index in [9.17, 15) is 0 Å². The average molecular weight is 222 g/mol. The van der Waals surface area contributed by atoms with Gasteiger partial charge >= 0.3 is 62.8 Å². The third-order valence-electron chi connectivity index (χ3n) is 1.21. The standard InChI is InChI=1S/C4H9.C2H6N.Sn.2H/c1-3-4-2;1-3-2;;;/h1,3-4H2,2H3;1-2H3;;;/q;-1;+1;;. The van der Waals surface area contributed by atoms with E-state index in [2.05, 4.69) is 24.1 Å². The summed E-state index contributed by atoms with van der Waals surface area (Å²) in [7, 11) is 4.43. The van der Waals surface area contributed by atoms with Crippen LogP contribution in [0.3, 0.4) is 0 Å². The molecule has 8 heavy (non-hydrogen) atoms. The Kier molecular flexibility index (Phi) is 6.45. The zero-order chi connectivity index (χ0) is 6.41. The molecule has 1 nitrogen and oxygen atoms in total. The first-order valence-electron chi connectivity index (χ1n) is 3.42. The minimum atomic E-state index is -0.382. The molecule has 0 aliphatic heterocycles. The van der Waals surface area contributed by atoms with E-state index in [0.29, 0.717) is 0 Å². The average Bonchev–Trinajstić information content (AvgIpc) is 1.66. The van der Waals surface area contributed by atoms with Gasteiger partial charge in [-0.2, -0.15) is 0 Å². The van der Waals surface area contributed by atoms with Gasteiger partial charge in [0.1, 0.15) is 0 Å². The second kappa shape index (κ2) is 5.89. The van der Waals surface area contributed by atoms with Crippen LogP contribution < -0.4 is 0 Å². The van der Waals surface area contributed by atoms with Gasteiger partial charge in [0.05, 0.1) is 0 Å². The molecule has 0 N–H and O–H groups in total. The Hall–Kier alpha value is 0.759. The minimum absolute atomic E-state index is 0.382. The Morgan fingerprint density at radius 2 is 2.00 bits per heavy atom. The van der Waals surface area contributed by atoms with Gasteiger partial charge in [0.25, 0.3) is 0 Å². The molecule has 0 unspecified atom stereocenters. The van der Waals surface area contributed by atoms with Crippen molar-refractivity contribution in [3.8, 4) is 0 Å². The molecule has 50 valence electrons. The van der Waals surface area contributed by atoms with Crippen LogP contribution in [0.4, 0.5) is 0 Å². The van der Waals surface area contributed by atoms with E-state index in [0.717, 1.165) is 0 Å². The van der Waals surface area contributed by atoms with Gasteiger partial charge in [-0.15, -0.1) is 0 Å². The number of unbranched alkanes of at least 4 members (excludes halogenated alkanes) is 1. The first-order valence-corrected chi connectivity index (χ1v) is 8.08. The van der Waals surface area contributed by atoms with Gasteiger partial charge in [0.2, 0.25) is 0 Å². The summed E-state index contributed by atoms with van der Waals surface area (Å²) in [6.45, 7) is 2.27. The summed E-state index contributed by atoms with van der Waals surface area (Å²) in [5, 5.41) is 0. The van der Waals surface area contributed by atoms with Gasteiger partial charge in [-0.3, -0.25) is 0 Å². The van der Waals surface area contributed by atoms with E-state index in [4.69, 9.17) is 0 Å². The molecular formula is C6H17NSn. The quantitative estimate of drug-likeness (QED) is 0.503. The van der Waals surface area contributed by atoms with Crippen LogP contribution in [0.2, 0.25) is 4.44 Å². The molecule has 0 aliphatic carbocycles. The fourth-order valence-corrected chi connectivity index (χ4v) is 4.55. The van der Waals surface area contributed by atoms with E-state index in [-0.39, 0.29) is 21.4 Å². The summed E-state index contributed by atoms with van der Waals surface area (Å²) >= 11 is -0.382. The van der Waals surface area contributed by atoms with E-state index in [1.54, 1.807) is 4.44 Å². The fraction of sp³-hybridized carbons (Fsp3) is 1.00. The Morgan fingerprint density at radius 3 is 2.38 bits per heavy atom. The molecule has 0 amide bonds. The van der Waals surface area contributed by atoms with Gasteiger partial charge in [-0.05, 0) is 0 Å². The van der Waals surface area contributed by atoms with Crippen molar-refractivity contribution in [2.24, 2.45) is 0 Å². The molecule has 0 bridgehead atoms. The van der Waals surface area contributed by atoms with Gasteiger partial charge in [-0.1, -0.05) is 0 Å². The van der Waals surface area contributed by atoms with Crippen LogP contribution in [0.15, 0.2) is 0 Å². The predicted molar refractivity (Wildman–Crippen MR) is 41.9 cm³/mol. The molecule has 0 aliphatic rings. The van der Waals surface area contributed by atoms with Gasteiger partial charge in [0.15, 0.2) is 0 Å². The summed E-state index contributed by atoms with van der Waals surface area (Å²) in [5.41, 5.74) is 0. The van der Waals surface area contributed by atoms with Crippen LogP contribution in [-0.2, 0) is 0 Å². The van der Waals surface area contributed by atoms with Crippen LogP contribution >= 0.6 is 0 Å². The molecule has 0 aromatic heterocycles. The van der Waals surface area contributed by atoms with Crippen LogP contribution in [0.25, 0.3) is 0 Å². The van der Waals surface area contributed by atoms with Crippen LogP contribution in [0, 0.1) is 0 Å². The molecule has 0 saturated carbocycles. The van der Waals surface area contributed by atoms with Crippen molar-refractivity contribution in [2.75, 3.05) is 14.1 Å². The summed E-state index contributed by atoms with van der Waals surface area (Å²) in [6, 6.07) is 0. The maximum atomic E-state index is 2.44. The predicted octanol–water partition coefficient (Wildman–Crippen LogP) is 0.850. The second-order valence-electron chi connectivity index (χ2n) is 2.51. The first kappa shape index (κ1) is 8.76. The zero-order valence-electron chi connectivity index (χ0n) is 6.28. The van der Waals surface area contributed by atoms with E-state index in [1.165, 1.54) is 12.8 Å². The summed E-state index contributed by atoms with van der Waals surface area (Å²) in [6.07, 6.45) is 2.85. The normalized spacial score (nSPS) is 12.0. The molecule has 0 aromatic rings. The molecule has 0 radical (unpaired) electrons. The summed E-state index contributed by atoms with van der Waals surface area (Å²) < 4.78 is 4.00. The number of hydrogen-bond acceptors (Lipinski definition) is 1. The Bertz CT molecular complexity index is 45.8. The van der Waals surface area contributed by atoms with Crippen molar-refractivity contribution in [3.05, 3.63) is 0 Å². The molecule has 0 saturated heterocycles. The van der Waals surface area contributed by atoms with E-state index in [1.807, 2.05) is 0 Å². The van der Waals surface area contributed by atoms with Crippen molar-refractivity contribution >= 4 is 21.4 Å². The summed E-state index contributed by atoms with van der Waals surface area (Å²) in [5.74, 6) is 0. The molecule has 0 rings (SSSR count). The van der Waals surface area contributed by atoms with Gasteiger partial charge in [0, 0.05) is 0 Å². The van der Waals surface area contributed by atoms with Crippen molar-refractivity contribution < 1.29 is 0 Å². The van der Waals surface area contributed by atoms with Crippen molar-refractivity contribution in [1.29, 1.82) is 0 Å². The molecule has 0 heterocycles. The van der Waals surface area contributed by atoms with Crippen molar-refractivity contribution in [3.63, 3.8) is 0 Å². The molecule has 0 atom stereocenters. The zero-order valence-corrected chi connectivity index (χ0v) is 10.3. The Morgan fingerprint density at radius 1 is 1.38 bits per heavy atom. The topological polar surface area (TPSA) is 3.24 Å². The Balaban J connectivity index is 2.72. The maximum absolute atomic E-state index is 2.44. The van der Waals surface area contributed by atoms with Crippen molar-refractivity contribution in [1.82, 2.24) is 3.12 Å². The first-order chi connectivity index (χ1) is 3.77. The monoisotopic (exact) mass is 223 g/mol. The van der Waals surface area contributed by atoms with Crippen LogP contribution in [0.1, 0.15) is 19.8 Å². The number of nitrogens with zero attached hydrogens (tertiary/aromatic N) is 1. The second-order valence-corrected chi connectivity index (χ2v) is 9.42. The van der Waals surface area contributed by atoms with Crippen LogP contribution in [-0.4, -0.2) is 38.6 Å². The van der Waals surface area contributed by atoms with E-state index < -0.39 is 0 Å². The summed E-state index contributed by atoms with van der Waals surface area (Å²) in [4.78, 5) is 0. The molecular weight excluding hydrogens is 205 g/mol. The number of hydrogen-bond donors (Lipinski definition) is 0. The molecule has 0 fully saturated rings. The van der Waals surface area contributed by atoms with E-state index >= 15 is 0 Å². The SMILES string of the molecule is CCC[CH2][SnH2][N](C)C. The number of rotatable bonds is 4. The Labute approximate surface area is 63.0 Å². The molecule has 0 aromatic carbocycles.